The van der Waals surface area contributed by atoms with Crippen LogP contribution in [-0.2, 0) is 14.8 Å². The molecule has 1 atom stereocenters. The summed E-state index contributed by atoms with van der Waals surface area (Å²) in [7, 11) is -1.76. The average Bonchev–Trinajstić information content (AvgIpc) is 3.11. The first-order valence-corrected chi connectivity index (χ1v) is 7.57. The van der Waals surface area contributed by atoms with Crippen LogP contribution in [0.4, 0.5) is 0 Å². The van der Waals surface area contributed by atoms with Crippen molar-refractivity contribution in [1.29, 1.82) is 0 Å². The fourth-order valence-corrected chi connectivity index (χ4v) is 4.13. The summed E-state index contributed by atoms with van der Waals surface area (Å²) in [5, 5.41) is 5.57. The Bertz CT molecular complexity index is 392. The number of sulfonamides is 1. The third kappa shape index (κ3) is 2.97. The number of piperazine rings is 1. The van der Waals surface area contributed by atoms with Gasteiger partial charge in [-0.05, 0) is 18.8 Å². The maximum Gasteiger partial charge on any atom is 0.239 e. The Hall–Kier alpha value is -0.660. The number of carbonyl (C=O) groups is 1. The monoisotopic (exact) mass is 261 g/mol. The van der Waals surface area contributed by atoms with E-state index in [2.05, 4.69) is 10.6 Å². The van der Waals surface area contributed by atoms with Gasteiger partial charge in [-0.2, -0.15) is 4.31 Å². The van der Waals surface area contributed by atoms with Gasteiger partial charge in [0, 0.05) is 26.7 Å². The first kappa shape index (κ1) is 12.8. The lowest BCUT2D eigenvalue weighted by Gasteiger charge is -2.33. The first-order valence-electron chi connectivity index (χ1n) is 5.96. The molecule has 0 bridgehead atoms. The van der Waals surface area contributed by atoms with Gasteiger partial charge in [0.25, 0.3) is 0 Å². The molecule has 1 aliphatic heterocycles. The number of carbonyl (C=O) groups excluding carboxylic acids is 1. The molecular weight excluding hydrogens is 242 g/mol. The standard InChI is InChI=1S/C10H19N3O3S/c1-11-10(14)9-6-12-4-5-13(9)17(15,16)7-8-2-3-8/h8-9,12H,2-7H2,1H3,(H,11,14). The van der Waals surface area contributed by atoms with Gasteiger partial charge in [0.2, 0.25) is 15.9 Å². The summed E-state index contributed by atoms with van der Waals surface area (Å²) in [4.78, 5) is 11.7. The van der Waals surface area contributed by atoms with E-state index in [1.54, 1.807) is 0 Å². The summed E-state index contributed by atoms with van der Waals surface area (Å²) in [6.45, 7) is 1.38. The van der Waals surface area contributed by atoms with E-state index in [0.29, 0.717) is 25.6 Å². The Balaban J connectivity index is 2.11. The van der Waals surface area contributed by atoms with Crippen molar-refractivity contribution >= 4 is 15.9 Å². The first-order chi connectivity index (χ1) is 8.04. The molecule has 1 aliphatic carbocycles. The minimum Gasteiger partial charge on any atom is -0.358 e. The van der Waals surface area contributed by atoms with Crippen LogP contribution in [0.5, 0.6) is 0 Å². The molecule has 17 heavy (non-hydrogen) atoms. The number of hydrogen-bond acceptors (Lipinski definition) is 4. The summed E-state index contributed by atoms with van der Waals surface area (Å²) >= 11 is 0. The molecule has 7 heteroatoms. The van der Waals surface area contributed by atoms with Gasteiger partial charge in [-0.3, -0.25) is 4.79 Å². The van der Waals surface area contributed by atoms with Crippen molar-refractivity contribution in [2.75, 3.05) is 32.4 Å². The van der Waals surface area contributed by atoms with E-state index >= 15 is 0 Å². The summed E-state index contributed by atoms with van der Waals surface area (Å²) in [5.41, 5.74) is 0. The molecule has 2 N–H and O–H groups in total. The normalized spacial score (nSPS) is 26.8. The molecule has 98 valence electrons. The van der Waals surface area contributed by atoms with Gasteiger partial charge in [0.1, 0.15) is 6.04 Å². The third-order valence-corrected chi connectivity index (χ3v) is 5.29. The highest BCUT2D eigenvalue weighted by atomic mass is 32.2. The molecule has 1 heterocycles. The van der Waals surface area contributed by atoms with Crippen LogP contribution >= 0.6 is 0 Å². The molecule has 0 aromatic rings. The maximum absolute atomic E-state index is 12.2. The van der Waals surface area contributed by atoms with Crippen molar-refractivity contribution in [3.63, 3.8) is 0 Å². The van der Waals surface area contributed by atoms with Crippen molar-refractivity contribution in [2.24, 2.45) is 5.92 Å². The second-order valence-electron chi connectivity index (χ2n) is 4.67. The molecule has 0 aromatic carbocycles. The SMILES string of the molecule is CNC(=O)C1CNCCN1S(=O)(=O)CC1CC1. The number of nitrogens with one attached hydrogen (secondary N) is 2. The van der Waals surface area contributed by atoms with Crippen molar-refractivity contribution in [3.8, 4) is 0 Å². The van der Waals surface area contributed by atoms with E-state index in [1.807, 2.05) is 0 Å². The van der Waals surface area contributed by atoms with E-state index < -0.39 is 16.1 Å². The molecule has 0 radical (unpaired) electrons. The Morgan fingerprint density at radius 2 is 2.18 bits per heavy atom. The van der Waals surface area contributed by atoms with E-state index in [0.717, 1.165) is 12.8 Å². The number of nitrogens with zero attached hydrogens (tertiary/aromatic N) is 1. The van der Waals surface area contributed by atoms with Gasteiger partial charge in [-0.15, -0.1) is 0 Å². The number of rotatable bonds is 4. The Morgan fingerprint density at radius 1 is 1.47 bits per heavy atom. The largest absolute Gasteiger partial charge is 0.358 e. The highest BCUT2D eigenvalue weighted by Gasteiger charge is 2.39. The summed E-state index contributed by atoms with van der Waals surface area (Å²) < 4.78 is 25.7. The average molecular weight is 261 g/mol. The Morgan fingerprint density at radius 3 is 2.76 bits per heavy atom. The van der Waals surface area contributed by atoms with Gasteiger partial charge in [-0.25, -0.2) is 8.42 Å². The van der Waals surface area contributed by atoms with Crippen LogP contribution < -0.4 is 10.6 Å². The lowest BCUT2D eigenvalue weighted by Crippen LogP contribution is -2.59. The molecule has 1 saturated carbocycles. The lowest BCUT2D eigenvalue weighted by atomic mass is 10.2. The van der Waals surface area contributed by atoms with Gasteiger partial charge < -0.3 is 10.6 Å². The minimum atomic E-state index is -3.29. The van der Waals surface area contributed by atoms with Gasteiger partial charge in [0.15, 0.2) is 0 Å². The van der Waals surface area contributed by atoms with Crippen LogP contribution in [-0.4, -0.2) is 57.1 Å². The third-order valence-electron chi connectivity index (χ3n) is 3.24. The highest BCUT2D eigenvalue weighted by molar-refractivity contribution is 7.89. The van der Waals surface area contributed by atoms with Gasteiger partial charge >= 0.3 is 0 Å². The quantitative estimate of drug-likeness (QED) is 0.662. The van der Waals surface area contributed by atoms with Crippen molar-refractivity contribution in [1.82, 2.24) is 14.9 Å². The molecule has 2 rings (SSSR count). The van der Waals surface area contributed by atoms with E-state index in [-0.39, 0.29) is 11.7 Å². The molecule has 0 spiro atoms. The zero-order valence-electron chi connectivity index (χ0n) is 9.98. The molecule has 2 aliphatic rings. The summed E-state index contributed by atoms with van der Waals surface area (Å²) in [6, 6.07) is -0.600. The smallest absolute Gasteiger partial charge is 0.239 e. The van der Waals surface area contributed by atoms with Crippen LogP contribution in [0, 0.1) is 5.92 Å². The molecule has 0 aromatic heterocycles. The van der Waals surface area contributed by atoms with Crippen LogP contribution in [0.15, 0.2) is 0 Å². The van der Waals surface area contributed by atoms with Crippen molar-refractivity contribution in [2.45, 2.75) is 18.9 Å². The molecule has 1 amide bonds. The second-order valence-corrected chi connectivity index (χ2v) is 6.63. The Kier molecular flexibility index (Phi) is 3.70. The van der Waals surface area contributed by atoms with Crippen LogP contribution in [0.1, 0.15) is 12.8 Å². The predicted octanol–water partition coefficient (Wildman–Crippen LogP) is -1.25. The zero-order chi connectivity index (χ0) is 12.5. The fraction of sp³-hybridized carbons (Fsp3) is 0.900. The molecule has 1 unspecified atom stereocenters. The lowest BCUT2D eigenvalue weighted by molar-refractivity contribution is -0.124. The topological polar surface area (TPSA) is 78.5 Å². The minimum absolute atomic E-state index is 0.195. The Labute approximate surface area is 102 Å². The van der Waals surface area contributed by atoms with Crippen LogP contribution in [0.2, 0.25) is 0 Å². The molecule has 1 saturated heterocycles. The summed E-state index contributed by atoms with van der Waals surface area (Å²) in [5.74, 6) is 0.261. The van der Waals surface area contributed by atoms with Crippen LogP contribution in [0.3, 0.4) is 0 Å². The molecular formula is C10H19N3O3S. The second kappa shape index (κ2) is 4.91. The predicted molar refractivity (Wildman–Crippen MR) is 63.9 cm³/mol. The number of amides is 1. The molecule has 2 fully saturated rings. The zero-order valence-corrected chi connectivity index (χ0v) is 10.8. The molecule has 6 nitrogen and oxygen atoms in total. The van der Waals surface area contributed by atoms with E-state index in [9.17, 15) is 13.2 Å². The highest BCUT2D eigenvalue weighted by Crippen LogP contribution is 2.31. The van der Waals surface area contributed by atoms with E-state index in [1.165, 1.54) is 11.4 Å². The maximum atomic E-state index is 12.2. The summed E-state index contributed by atoms with van der Waals surface area (Å²) in [6.07, 6.45) is 1.99. The fourth-order valence-electron chi connectivity index (χ4n) is 2.09. The number of hydrogen-bond donors (Lipinski definition) is 2. The van der Waals surface area contributed by atoms with E-state index in [4.69, 9.17) is 0 Å². The van der Waals surface area contributed by atoms with Crippen molar-refractivity contribution < 1.29 is 13.2 Å². The van der Waals surface area contributed by atoms with Gasteiger partial charge in [-0.1, -0.05) is 0 Å². The van der Waals surface area contributed by atoms with Crippen molar-refractivity contribution in [3.05, 3.63) is 0 Å². The van der Waals surface area contributed by atoms with Gasteiger partial charge in [0.05, 0.1) is 5.75 Å². The number of likely N-dealkylation sites (N-methyl/N-ethyl adjacent to an activating group) is 1. The van der Waals surface area contributed by atoms with Crippen LogP contribution in [0.25, 0.3) is 0 Å².